The molecule has 3 aliphatic rings. The summed E-state index contributed by atoms with van der Waals surface area (Å²) in [6.07, 6.45) is 1.45. The molecule has 130 valence electrons. The van der Waals surface area contributed by atoms with Crippen molar-refractivity contribution in [3.05, 3.63) is 29.3 Å². The molecule has 5 nitrogen and oxygen atoms in total. The Bertz CT molecular complexity index is 613. The maximum atomic E-state index is 12.7. The fraction of sp³-hybridized carbons (Fsp3) is 0.632. The number of carbonyl (C=O) groups excluding carboxylic acids is 1. The van der Waals surface area contributed by atoms with Gasteiger partial charge in [-0.1, -0.05) is 19.1 Å². The zero-order valence-electron chi connectivity index (χ0n) is 14.4. The Labute approximate surface area is 143 Å². The monoisotopic (exact) mass is 330 g/mol. The van der Waals surface area contributed by atoms with E-state index in [1.54, 1.807) is 0 Å². The Hall–Kier alpha value is -1.59. The van der Waals surface area contributed by atoms with Crippen LogP contribution in [-0.4, -0.2) is 67.7 Å². The number of carbonyl (C=O) groups is 1. The van der Waals surface area contributed by atoms with Gasteiger partial charge in [0.05, 0.1) is 26.2 Å². The van der Waals surface area contributed by atoms with Crippen molar-refractivity contribution in [2.24, 2.45) is 5.92 Å². The Morgan fingerprint density at radius 1 is 1.21 bits per heavy atom. The molecule has 0 aliphatic carbocycles. The van der Waals surface area contributed by atoms with E-state index in [0.29, 0.717) is 18.4 Å². The number of fused-ring (bicyclic) bond motifs is 1. The van der Waals surface area contributed by atoms with Crippen molar-refractivity contribution < 1.29 is 14.3 Å². The highest BCUT2D eigenvalue weighted by Crippen LogP contribution is 2.27. The van der Waals surface area contributed by atoms with E-state index in [1.807, 2.05) is 12.1 Å². The molecule has 3 heterocycles. The average molecular weight is 330 g/mol. The van der Waals surface area contributed by atoms with E-state index in [1.165, 1.54) is 5.56 Å². The Balaban J connectivity index is 1.38. The van der Waals surface area contributed by atoms with Crippen LogP contribution < -0.4 is 4.74 Å². The minimum atomic E-state index is 0.247. The molecule has 2 atom stereocenters. The molecule has 0 saturated carbocycles. The van der Waals surface area contributed by atoms with E-state index in [-0.39, 0.29) is 5.91 Å². The zero-order valence-corrected chi connectivity index (χ0v) is 14.4. The van der Waals surface area contributed by atoms with Crippen molar-refractivity contribution in [3.8, 4) is 5.75 Å². The van der Waals surface area contributed by atoms with Crippen molar-refractivity contribution in [3.63, 3.8) is 0 Å². The first-order valence-electron chi connectivity index (χ1n) is 9.05. The SMILES string of the molecule is C[C@H]1CN(C(=O)Cc2ccc3c(c2)CCO3)C[C@H]1N1CCOCC1. The first-order valence-corrected chi connectivity index (χ1v) is 9.05. The molecular weight excluding hydrogens is 304 g/mol. The van der Waals surface area contributed by atoms with Gasteiger partial charge >= 0.3 is 0 Å². The summed E-state index contributed by atoms with van der Waals surface area (Å²) >= 11 is 0. The molecule has 0 bridgehead atoms. The smallest absolute Gasteiger partial charge is 0.227 e. The molecule has 5 heteroatoms. The third-order valence-corrected chi connectivity index (χ3v) is 5.55. The van der Waals surface area contributed by atoms with Gasteiger partial charge in [0, 0.05) is 38.6 Å². The topological polar surface area (TPSA) is 42.0 Å². The van der Waals surface area contributed by atoms with Gasteiger partial charge in [0.2, 0.25) is 5.91 Å². The highest BCUT2D eigenvalue weighted by Gasteiger charge is 2.36. The molecule has 0 aromatic heterocycles. The summed E-state index contributed by atoms with van der Waals surface area (Å²) in [5, 5.41) is 0. The van der Waals surface area contributed by atoms with Crippen molar-refractivity contribution in [2.75, 3.05) is 46.0 Å². The predicted octanol–water partition coefficient (Wildman–Crippen LogP) is 1.34. The quantitative estimate of drug-likeness (QED) is 0.839. The van der Waals surface area contributed by atoms with Crippen LogP contribution in [0, 0.1) is 5.92 Å². The number of hydrogen-bond donors (Lipinski definition) is 0. The number of rotatable bonds is 3. The summed E-state index contributed by atoms with van der Waals surface area (Å²) < 4.78 is 11.0. The van der Waals surface area contributed by atoms with Crippen LogP contribution in [0.3, 0.4) is 0 Å². The first-order chi connectivity index (χ1) is 11.7. The van der Waals surface area contributed by atoms with Gasteiger partial charge in [0.15, 0.2) is 0 Å². The van der Waals surface area contributed by atoms with Gasteiger partial charge in [-0.3, -0.25) is 9.69 Å². The molecule has 4 rings (SSSR count). The lowest BCUT2D eigenvalue weighted by Gasteiger charge is -2.34. The number of morpholine rings is 1. The van der Waals surface area contributed by atoms with E-state index in [9.17, 15) is 4.79 Å². The fourth-order valence-corrected chi connectivity index (χ4v) is 4.17. The number of nitrogens with zero attached hydrogens (tertiary/aromatic N) is 2. The summed E-state index contributed by atoms with van der Waals surface area (Å²) in [5.74, 6) is 1.75. The van der Waals surface area contributed by atoms with Gasteiger partial charge in [-0.25, -0.2) is 0 Å². The highest BCUT2D eigenvalue weighted by molar-refractivity contribution is 5.79. The molecule has 24 heavy (non-hydrogen) atoms. The maximum absolute atomic E-state index is 12.7. The lowest BCUT2D eigenvalue weighted by Crippen LogP contribution is -2.47. The minimum Gasteiger partial charge on any atom is -0.493 e. The summed E-state index contributed by atoms with van der Waals surface area (Å²) in [6, 6.07) is 6.65. The van der Waals surface area contributed by atoms with Crippen molar-refractivity contribution in [1.82, 2.24) is 9.80 Å². The average Bonchev–Trinajstić information content (AvgIpc) is 3.21. The lowest BCUT2D eigenvalue weighted by atomic mass is 10.0. The van der Waals surface area contributed by atoms with E-state index >= 15 is 0 Å². The van der Waals surface area contributed by atoms with Crippen LogP contribution in [0.1, 0.15) is 18.1 Å². The Morgan fingerprint density at radius 2 is 2.04 bits per heavy atom. The number of ether oxygens (including phenoxy) is 2. The molecule has 1 aromatic rings. The van der Waals surface area contributed by atoms with Crippen LogP contribution in [0.25, 0.3) is 0 Å². The third kappa shape index (κ3) is 3.15. The number of likely N-dealkylation sites (tertiary alicyclic amines) is 1. The second-order valence-corrected chi connectivity index (χ2v) is 7.21. The number of benzene rings is 1. The van der Waals surface area contributed by atoms with Crippen LogP contribution in [0.5, 0.6) is 5.75 Å². The summed E-state index contributed by atoms with van der Waals surface area (Å²) in [5.41, 5.74) is 2.34. The second kappa shape index (κ2) is 6.73. The minimum absolute atomic E-state index is 0.247. The summed E-state index contributed by atoms with van der Waals surface area (Å²) in [7, 11) is 0. The molecule has 2 saturated heterocycles. The normalized spacial score (nSPS) is 27.1. The second-order valence-electron chi connectivity index (χ2n) is 7.21. The van der Waals surface area contributed by atoms with Crippen molar-refractivity contribution in [1.29, 1.82) is 0 Å². The van der Waals surface area contributed by atoms with Crippen LogP contribution >= 0.6 is 0 Å². The Morgan fingerprint density at radius 3 is 2.88 bits per heavy atom. The Kier molecular flexibility index (Phi) is 4.46. The standard InChI is InChI=1S/C19H26N2O3/c1-14-12-21(13-17(14)20-5-8-23-9-6-20)19(22)11-15-2-3-18-16(10-15)4-7-24-18/h2-3,10,14,17H,4-9,11-13H2,1H3/t14-,17+/m0/s1. The predicted molar refractivity (Wildman–Crippen MR) is 91.3 cm³/mol. The van der Waals surface area contributed by atoms with Gasteiger partial charge in [-0.05, 0) is 23.1 Å². The lowest BCUT2D eigenvalue weighted by molar-refractivity contribution is -0.129. The molecule has 0 unspecified atom stereocenters. The molecule has 2 fully saturated rings. The largest absolute Gasteiger partial charge is 0.493 e. The van der Waals surface area contributed by atoms with Crippen LogP contribution in [0.2, 0.25) is 0 Å². The van der Waals surface area contributed by atoms with Gasteiger partial charge in [0.25, 0.3) is 0 Å². The van der Waals surface area contributed by atoms with E-state index in [4.69, 9.17) is 9.47 Å². The maximum Gasteiger partial charge on any atom is 0.227 e. The molecule has 0 spiro atoms. The van der Waals surface area contributed by atoms with Crippen LogP contribution in [0.4, 0.5) is 0 Å². The zero-order chi connectivity index (χ0) is 16.5. The highest BCUT2D eigenvalue weighted by atomic mass is 16.5. The van der Waals surface area contributed by atoms with Crippen molar-refractivity contribution in [2.45, 2.75) is 25.8 Å². The van der Waals surface area contributed by atoms with Crippen molar-refractivity contribution >= 4 is 5.91 Å². The van der Waals surface area contributed by atoms with Gasteiger partial charge in [-0.2, -0.15) is 0 Å². The molecule has 3 aliphatic heterocycles. The van der Waals surface area contributed by atoms with Gasteiger partial charge in [0.1, 0.15) is 5.75 Å². The van der Waals surface area contributed by atoms with Crippen LogP contribution in [0.15, 0.2) is 18.2 Å². The first kappa shape index (κ1) is 15.9. The molecule has 0 N–H and O–H groups in total. The molecule has 0 radical (unpaired) electrons. The summed E-state index contributed by atoms with van der Waals surface area (Å²) in [6.45, 7) is 8.35. The fourth-order valence-electron chi connectivity index (χ4n) is 4.17. The molecule has 1 amide bonds. The number of hydrogen-bond acceptors (Lipinski definition) is 4. The number of amides is 1. The molecular formula is C19H26N2O3. The third-order valence-electron chi connectivity index (χ3n) is 5.55. The van der Waals surface area contributed by atoms with Crippen LogP contribution in [-0.2, 0) is 22.4 Å². The van der Waals surface area contributed by atoms with E-state index in [0.717, 1.165) is 63.7 Å². The van der Waals surface area contributed by atoms with Gasteiger partial charge < -0.3 is 14.4 Å². The van der Waals surface area contributed by atoms with E-state index in [2.05, 4.69) is 22.8 Å². The summed E-state index contributed by atoms with van der Waals surface area (Å²) in [4.78, 5) is 17.3. The molecule has 1 aromatic carbocycles. The van der Waals surface area contributed by atoms with E-state index < -0.39 is 0 Å². The van der Waals surface area contributed by atoms with Gasteiger partial charge in [-0.15, -0.1) is 0 Å².